The van der Waals surface area contributed by atoms with Crippen LogP contribution in [0.5, 0.6) is 0 Å². The van der Waals surface area contributed by atoms with E-state index in [4.69, 9.17) is 10.6 Å². The number of hydrazone groups is 1. The van der Waals surface area contributed by atoms with Gasteiger partial charge in [-0.25, -0.2) is 4.79 Å². The van der Waals surface area contributed by atoms with E-state index in [0.29, 0.717) is 11.1 Å². The van der Waals surface area contributed by atoms with Crippen molar-refractivity contribution in [3.05, 3.63) is 71.3 Å². The van der Waals surface area contributed by atoms with Crippen LogP contribution in [0, 0.1) is 0 Å². The maximum absolute atomic E-state index is 12.0. The number of hydrogen-bond acceptors (Lipinski definition) is 4. The number of nitrogens with zero attached hydrogens (tertiary/aromatic N) is 1. The van der Waals surface area contributed by atoms with Gasteiger partial charge >= 0.3 is 5.97 Å². The van der Waals surface area contributed by atoms with Crippen LogP contribution in [0.2, 0.25) is 0 Å². The van der Waals surface area contributed by atoms with E-state index in [1.54, 1.807) is 18.2 Å². The number of carbonyl (C=O) groups excluding carboxylic acids is 1. The average Bonchev–Trinajstić information content (AvgIpc) is 2.47. The van der Waals surface area contributed by atoms with Crippen LogP contribution in [0.15, 0.2) is 59.7 Å². The molecule has 0 radical (unpaired) electrons. The molecule has 0 aliphatic rings. The van der Waals surface area contributed by atoms with Crippen LogP contribution in [0.1, 0.15) is 21.5 Å². The molecule has 0 atom stereocenters. The van der Waals surface area contributed by atoms with Crippen LogP contribution in [0.25, 0.3) is 0 Å². The van der Waals surface area contributed by atoms with Gasteiger partial charge in [-0.2, -0.15) is 5.10 Å². The molecule has 2 aromatic carbocycles. The maximum Gasteiger partial charge on any atom is 0.339 e. The smallest absolute Gasteiger partial charge is 0.339 e. The fourth-order valence-corrected chi connectivity index (χ4v) is 1.68. The normalized spacial score (nSPS) is 10.5. The predicted molar refractivity (Wildman–Crippen MR) is 73.8 cm³/mol. The number of carbonyl (C=O) groups is 1. The van der Waals surface area contributed by atoms with Gasteiger partial charge in [0.15, 0.2) is 0 Å². The van der Waals surface area contributed by atoms with E-state index in [1.807, 2.05) is 36.4 Å². The lowest BCUT2D eigenvalue weighted by molar-refractivity contribution is 0.0472. The highest BCUT2D eigenvalue weighted by Crippen LogP contribution is 2.10. The Labute approximate surface area is 111 Å². The molecular formula is C15H14N2O2. The molecule has 0 saturated carbocycles. The van der Waals surface area contributed by atoms with Gasteiger partial charge < -0.3 is 10.6 Å². The minimum absolute atomic E-state index is 0.244. The van der Waals surface area contributed by atoms with Crippen LogP contribution in [-0.2, 0) is 11.3 Å². The second-order valence-electron chi connectivity index (χ2n) is 3.93. The van der Waals surface area contributed by atoms with Crippen molar-refractivity contribution in [1.29, 1.82) is 0 Å². The summed E-state index contributed by atoms with van der Waals surface area (Å²) in [5.41, 5.74) is 2.04. The second-order valence-corrected chi connectivity index (χ2v) is 3.93. The molecule has 2 rings (SSSR count). The first-order valence-electron chi connectivity index (χ1n) is 5.84. The zero-order chi connectivity index (χ0) is 13.5. The molecule has 0 aliphatic heterocycles. The average molecular weight is 254 g/mol. The third-order valence-electron chi connectivity index (χ3n) is 2.61. The number of rotatable bonds is 4. The Morgan fingerprint density at radius 2 is 1.79 bits per heavy atom. The van der Waals surface area contributed by atoms with Crippen LogP contribution in [0.3, 0.4) is 0 Å². The SMILES string of the molecule is N/N=C/c1ccccc1C(=O)OCc1ccccc1. The topological polar surface area (TPSA) is 64.7 Å². The Bertz CT molecular complexity index is 580. The van der Waals surface area contributed by atoms with Gasteiger partial charge in [-0.3, -0.25) is 0 Å². The molecule has 4 heteroatoms. The number of hydrogen-bond donors (Lipinski definition) is 1. The molecular weight excluding hydrogens is 240 g/mol. The lowest BCUT2D eigenvalue weighted by atomic mass is 10.1. The molecule has 0 saturated heterocycles. The summed E-state index contributed by atoms with van der Waals surface area (Å²) in [4.78, 5) is 12.0. The van der Waals surface area contributed by atoms with Crippen molar-refractivity contribution in [3.63, 3.8) is 0 Å². The summed E-state index contributed by atoms with van der Waals surface area (Å²) in [6.45, 7) is 0.244. The van der Waals surface area contributed by atoms with Gasteiger partial charge in [-0.05, 0) is 11.6 Å². The standard InChI is InChI=1S/C15H14N2O2/c16-17-10-13-8-4-5-9-14(13)15(18)19-11-12-6-2-1-3-7-12/h1-10H,11,16H2/b17-10+. The van der Waals surface area contributed by atoms with E-state index in [1.165, 1.54) is 6.21 Å². The molecule has 2 N–H and O–H groups in total. The quantitative estimate of drug-likeness (QED) is 0.394. The predicted octanol–water partition coefficient (Wildman–Crippen LogP) is 2.34. The summed E-state index contributed by atoms with van der Waals surface area (Å²) < 4.78 is 5.26. The lowest BCUT2D eigenvalue weighted by Crippen LogP contribution is -2.08. The van der Waals surface area contributed by atoms with Gasteiger partial charge in [-0.15, -0.1) is 0 Å². The summed E-state index contributed by atoms with van der Waals surface area (Å²) in [6.07, 6.45) is 1.43. The summed E-state index contributed by atoms with van der Waals surface area (Å²) in [5, 5.41) is 3.43. The van der Waals surface area contributed by atoms with E-state index < -0.39 is 0 Å². The van der Waals surface area contributed by atoms with Gasteiger partial charge in [-0.1, -0.05) is 48.5 Å². The largest absolute Gasteiger partial charge is 0.457 e. The molecule has 96 valence electrons. The number of nitrogens with two attached hydrogens (primary N) is 1. The Hall–Kier alpha value is -2.62. The van der Waals surface area contributed by atoms with Gasteiger partial charge in [0, 0.05) is 5.56 Å². The fourth-order valence-electron chi connectivity index (χ4n) is 1.68. The van der Waals surface area contributed by atoms with E-state index in [2.05, 4.69) is 5.10 Å². The molecule has 0 aliphatic carbocycles. The van der Waals surface area contributed by atoms with Gasteiger partial charge in [0.1, 0.15) is 6.61 Å². The third-order valence-corrected chi connectivity index (χ3v) is 2.61. The van der Waals surface area contributed by atoms with Crippen molar-refractivity contribution in [3.8, 4) is 0 Å². The fraction of sp³-hybridized carbons (Fsp3) is 0.0667. The minimum atomic E-state index is -0.389. The molecule has 2 aromatic rings. The molecule has 0 unspecified atom stereocenters. The van der Waals surface area contributed by atoms with Crippen LogP contribution < -0.4 is 5.84 Å². The Balaban J connectivity index is 2.08. The van der Waals surface area contributed by atoms with Gasteiger partial charge in [0.05, 0.1) is 11.8 Å². The Morgan fingerprint density at radius 1 is 1.11 bits per heavy atom. The third kappa shape index (κ3) is 3.42. The Morgan fingerprint density at radius 3 is 2.53 bits per heavy atom. The number of esters is 1. The highest BCUT2D eigenvalue weighted by molar-refractivity contribution is 5.99. The van der Waals surface area contributed by atoms with Crippen molar-refractivity contribution in [2.75, 3.05) is 0 Å². The summed E-state index contributed by atoms with van der Waals surface area (Å²) in [5.74, 6) is 4.72. The van der Waals surface area contributed by atoms with E-state index >= 15 is 0 Å². The summed E-state index contributed by atoms with van der Waals surface area (Å²) in [6, 6.07) is 16.5. The molecule has 0 heterocycles. The van der Waals surface area contributed by atoms with E-state index in [-0.39, 0.29) is 12.6 Å². The molecule has 19 heavy (non-hydrogen) atoms. The highest BCUT2D eigenvalue weighted by atomic mass is 16.5. The number of benzene rings is 2. The van der Waals surface area contributed by atoms with Crippen molar-refractivity contribution in [1.82, 2.24) is 0 Å². The molecule has 0 bridgehead atoms. The van der Waals surface area contributed by atoms with Crippen molar-refractivity contribution in [2.45, 2.75) is 6.61 Å². The van der Waals surface area contributed by atoms with Crippen LogP contribution in [-0.4, -0.2) is 12.2 Å². The molecule has 0 aromatic heterocycles. The maximum atomic E-state index is 12.0. The Kier molecular flexibility index (Phi) is 4.29. The number of ether oxygens (including phenoxy) is 1. The lowest BCUT2D eigenvalue weighted by Gasteiger charge is -2.06. The summed E-state index contributed by atoms with van der Waals surface area (Å²) >= 11 is 0. The van der Waals surface area contributed by atoms with Crippen molar-refractivity contribution in [2.24, 2.45) is 10.9 Å². The first-order chi connectivity index (χ1) is 9.31. The monoisotopic (exact) mass is 254 g/mol. The van der Waals surface area contributed by atoms with Crippen molar-refractivity contribution >= 4 is 12.2 Å². The van der Waals surface area contributed by atoms with E-state index in [0.717, 1.165) is 5.56 Å². The van der Waals surface area contributed by atoms with Crippen LogP contribution >= 0.6 is 0 Å². The van der Waals surface area contributed by atoms with Gasteiger partial charge in [0.25, 0.3) is 0 Å². The first kappa shape index (κ1) is 12.8. The minimum Gasteiger partial charge on any atom is -0.457 e. The summed E-state index contributed by atoms with van der Waals surface area (Å²) in [7, 11) is 0. The molecule has 0 fully saturated rings. The van der Waals surface area contributed by atoms with Crippen molar-refractivity contribution < 1.29 is 9.53 Å². The van der Waals surface area contributed by atoms with E-state index in [9.17, 15) is 4.79 Å². The molecule has 0 spiro atoms. The molecule has 0 amide bonds. The molecule has 4 nitrogen and oxygen atoms in total. The first-order valence-corrected chi connectivity index (χ1v) is 5.84. The highest BCUT2D eigenvalue weighted by Gasteiger charge is 2.11. The second kappa shape index (κ2) is 6.35. The van der Waals surface area contributed by atoms with Crippen LogP contribution in [0.4, 0.5) is 0 Å². The zero-order valence-corrected chi connectivity index (χ0v) is 10.3. The zero-order valence-electron chi connectivity index (χ0n) is 10.3. The van der Waals surface area contributed by atoms with Gasteiger partial charge in [0.2, 0.25) is 0 Å².